The molecule has 0 aromatic heterocycles. The van der Waals surface area contributed by atoms with E-state index < -0.39 is 0 Å². The van der Waals surface area contributed by atoms with Gasteiger partial charge in [-0.05, 0) is 105 Å². The van der Waals surface area contributed by atoms with Gasteiger partial charge < -0.3 is 20.2 Å². The lowest BCUT2D eigenvalue weighted by Crippen LogP contribution is -2.38. The third-order valence-corrected chi connectivity index (χ3v) is 13.8. The predicted octanol–water partition coefficient (Wildman–Crippen LogP) is 9.15. The van der Waals surface area contributed by atoms with E-state index >= 15 is 0 Å². The molecule has 2 amide bonds. The van der Waals surface area contributed by atoms with E-state index in [0.717, 1.165) is 125 Å². The van der Waals surface area contributed by atoms with Crippen molar-refractivity contribution in [2.75, 3.05) is 59.4 Å². The van der Waals surface area contributed by atoms with Gasteiger partial charge in [-0.2, -0.15) is 23.5 Å². The lowest BCUT2D eigenvalue weighted by Gasteiger charge is -2.42. The molecular weight excluding hydrogens is 713 g/mol. The van der Waals surface area contributed by atoms with Gasteiger partial charge in [0, 0.05) is 78.6 Å². The zero-order valence-corrected chi connectivity index (χ0v) is 34.1. The number of nitrogens with zero attached hydrogens (tertiary/aromatic N) is 3. The number of thioether (sulfide) groups is 2. The van der Waals surface area contributed by atoms with Crippen LogP contribution in [-0.4, -0.2) is 82.5 Å². The lowest BCUT2D eigenvalue weighted by molar-refractivity contribution is -0.117. The van der Waals surface area contributed by atoms with Gasteiger partial charge >= 0.3 is 0 Å². The number of anilines is 2. The summed E-state index contributed by atoms with van der Waals surface area (Å²) in [7, 11) is 0. The molecule has 1 fully saturated rings. The fourth-order valence-electron chi connectivity index (χ4n) is 9.08. The Bertz CT molecular complexity index is 1820. The maximum Gasteiger partial charge on any atom is 0.247 e. The van der Waals surface area contributed by atoms with Gasteiger partial charge in [-0.1, -0.05) is 39.5 Å². The molecule has 0 unspecified atom stereocenters. The molecule has 1 saturated heterocycles. The second-order valence-corrected chi connectivity index (χ2v) is 18.0. The zero-order chi connectivity index (χ0) is 37.6. The van der Waals surface area contributed by atoms with Crippen LogP contribution >= 0.6 is 23.5 Å². The van der Waals surface area contributed by atoms with Crippen molar-refractivity contribution in [1.82, 2.24) is 4.90 Å². The minimum absolute atomic E-state index is 0.0522. The molecule has 0 spiro atoms. The van der Waals surface area contributed by atoms with Gasteiger partial charge in [0.1, 0.15) is 5.76 Å². The molecule has 54 heavy (non-hydrogen) atoms. The fraction of sp³-hybridized carbons (Fsp3) is 0.591. The summed E-state index contributed by atoms with van der Waals surface area (Å²) in [5.41, 5.74) is 9.85. The fourth-order valence-corrected chi connectivity index (χ4v) is 11.0. The number of allylic oxidation sites excluding steroid dienone is 6. The van der Waals surface area contributed by atoms with Crippen molar-refractivity contribution in [3.8, 4) is 0 Å². The van der Waals surface area contributed by atoms with E-state index in [0.29, 0.717) is 35.4 Å². The highest BCUT2D eigenvalue weighted by Crippen LogP contribution is 2.49. The second-order valence-electron chi connectivity index (χ2n) is 15.6. The van der Waals surface area contributed by atoms with Crippen LogP contribution in [0.3, 0.4) is 0 Å². The maximum absolute atomic E-state index is 14.6. The maximum atomic E-state index is 14.6. The minimum atomic E-state index is -0.240. The van der Waals surface area contributed by atoms with Crippen LogP contribution in [-0.2, 0) is 27.2 Å². The Labute approximate surface area is 330 Å². The molecule has 0 saturated carbocycles. The summed E-state index contributed by atoms with van der Waals surface area (Å²) < 4.78 is 0. The molecule has 4 aliphatic heterocycles. The normalized spacial score (nSPS) is 21.3. The Morgan fingerprint density at radius 2 is 1.48 bits per heavy atom. The number of piperidine rings is 1. The Morgan fingerprint density at radius 3 is 2.20 bits per heavy atom. The zero-order valence-electron chi connectivity index (χ0n) is 32.5. The van der Waals surface area contributed by atoms with Crippen molar-refractivity contribution in [1.29, 1.82) is 0 Å². The standard InChI is InChI=1S/C44H58N4O4S2/c1-3-5-7-23-53-25-17-35(49)45-39-31-15-11-21-47-19-9-13-29(41(31)47)27-33(39)37-43(51)38(44(37)52)34-28-30-14-10-20-48-22-12-16-32(42(30)48)40(34)46-36(50)18-26-54-24-8-6-4-2/h27-28,51H,3-26H2,1-2H3,(H,45,49). The molecule has 0 atom stereocenters. The topological polar surface area (TPSA) is 102 Å². The Balaban J connectivity index is 1.25. The highest BCUT2D eigenvalue weighted by Gasteiger charge is 2.43. The van der Waals surface area contributed by atoms with Crippen molar-refractivity contribution < 1.29 is 19.5 Å². The van der Waals surface area contributed by atoms with E-state index in [-0.39, 0.29) is 34.5 Å². The van der Waals surface area contributed by atoms with Crippen molar-refractivity contribution in [2.45, 2.75) is 117 Å². The van der Waals surface area contributed by atoms with Crippen molar-refractivity contribution in [2.24, 2.45) is 4.99 Å². The summed E-state index contributed by atoms with van der Waals surface area (Å²) in [5.74, 6) is 3.06. The molecule has 2 aliphatic carbocycles. The molecule has 6 aliphatic rings. The number of aliphatic hydroxyl groups excluding tert-OH is 1. The molecule has 1 aromatic carbocycles. The molecule has 4 heterocycles. The number of Topliss-reactive ketones (excluding diaryl/α,β-unsaturated/α-hetero) is 1. The Kier molecular flexibility index (Phi) is 13.1. The van der Waals surface area contributed by atoms with Crippen molar-refractivity contribution >= 4 is 63.8 Å². The largest absolute Gasteiger partial charge is 0.506 e. The Morgan fingerprint density at radius 1 is 0.815 bits per heavy atom. The first kappa shape index (κ1) is 39.0. The van der Waals surface area contributed by atoms with Crippen LogP contribution in [0.25, 0.3) is 5.57 Å². The van der Waals surface area contributed by atoms with Gasteiger partial charge in [0.25, 0.3) is 0 Å². The number of hydrogen-bond donors (Lipinski definition) is 2. The summed E-state index contributed by atoms with van der Waals surface area (Å²) in [5, 5.41) is 15.3. The number of carbonyl (C=O) groups excluding carboxylic acids is 3. The summed E-state index contributed by atoms with van der Waals surface area (Å²) >= 11 is 3.62. The van der Waals surface area contributed by atoms with Crippen LogP contribution < -0.4 is 10.2 Å². The quantitative estimate of drug-likeness (QED) is 0.127. The number of hydrogen-bond acceptors (Lipinski definition) is 8. The van der Waals surface area contributed by atoms with E-state index in [2.05, 4.69) is 35.0 Å². The molecule has 10 heteroatoms. The molecule has 8 nitrogen and oxygen atoms in total. The number of aryl methyl sites for hydroxylation is 1. The third-order valence-electron chi connectivity index (χ3n) is 11.7. The van der Waals surface area contributed by atoms with Crippen LogP contribution in [0.15, 0.2) is 50.9 Å². The third kappa shape index (κ3) is 8.16. The summed E-state index contributed by atoms with van der Waals surface area (Å²) in [6.07, 6.45) is 17.3. The molecule has 1 aromatic rings. The average molecular weight is 771 g/mol. The molecule has 2 N–H and O–H groups in total. The van der Waals surface area contributed by atoms with Gasteiger partial charge in [0.2, 0.25) is 17.6 Å². The van der Waals surface area contributed by atoms with Gasteiger partial charge in [0.15, 0.2) is 0 Å². The van der Waals surface area contributed by atoms with E-state index in [1.165, 1.54) is 48.2 Å². The monoisotopic (exact) mass is 770 g/mol. The van der Waals surface area contributed by atoms with Gasteiger partial charge in [-0.15, -0.1) is 0 Å². The number of aliphatic hydroxyl groups is 1. The van der Waals surface area contributed by atoms with Crippen LogP contribution in [0.4, 0.5) is 11.4 Å². The van der Waals surface area contributed by atoms with Gasteiger partial charge in [-0.25, -0.2) is 4.99 Å². The highest BCUT2D eigenvalue weighted by molar-refractivity contribution is 7.99. The number of benzene rings is 1. The molecule has 290 valence electrons. The van der Waals surface area contributed by atoms with Gasteiger partial charge in [0.05, 0.1) is 22.5 Å². The first-order valence-corrected chi connectivity index (χ1v) is 23.1. The number of ketones is 1. The summed E-state index contributed by atoms with van der Waals surface area (Å²) in [6.45, 7) is 8.35. The smallest absolute Gasteiger partial charge is 0.247 e. The van der Waals surface area contributed by atoms with Crippen LogP contribution in [0, 0.1) is 0 Å². The van der Waals surface area contributed by atoms with Gasteiger partial charge in [-0.3, -0.25) is 14.4 Å². The molecule has 0 bridgehead atoms. The molecule has 7 rings (SSSR count). The second kappa shape index (κ2) is 18.1. The average Bonchev–Trinajstić information content (AvgIpc) is 3.17. The van der Waals surface area contributed by atoms with E-state index in [9.17, 15) is 19.5 Å². The predicted molar refractivity (Wildman–Crippen MR) is 226 cm³/mol. The first-order chi connectivity index (χ1) is 26.4. The van der Waals surface area contributed by atoms with Crippen LogP contribution in [0.2, 0.25) is 0 Å². The number of carbonyl (C=O) groups is 3. The number of aliphatic imine (C=N–C) groups is 1. The van der Waals surface area contributed by atoms with Crippen molar-refractivity contribution in [3.63, 3.8) is 0 Å². The van der Waals surface area contributed by atoms with Crippen LogP contribution in [0.5, 0.6) is 0 Å². The molecular formula is C44H58N4O4S2. The minimum Gasteiger partial charge on any atom is -0.506 e. The van der Waals surface area contributed by atoms with E-state index in [1.807, 2.05) is 17.8 Å². The summed E-state index contributed by atoms with van der Waals surface area (Å²) in [6, 6.07) is 2.06. The SMILES string of the molecule is CCCCCSCCC(=O)N=C1C(=C2C(=O)C(c3cc4c5c(c3NC(=O)CCSCCCCC)CCCN5CCC4)=C2O)C=C2CCCN3CCCC1=C23. The molecule has 0 radical (unpaired) electrons. The number of nitrogens with one attached hydrogen (secondary N) is 1. The van der Waals surface area contributed by atoms with Crippen molar-refractivity contribution in [3.05, 3.63) is 62.6 Å². The van der Waals surface area contributed by atoms with E-state index in [1.54, 1.807) is 11.8 Å². The Hall–Kier alpha value is -3.24. The number of amides is 2. The number of unbranched alkanes of at least 4 members (excludes halogenated alkanes) is 4. The first-order valence-electron chi connectivity index (χ1n) is 20.8. The van der Waals surface area contributed by atoms with E-state index in [4.69, 9.17) is 4.99 Å². The van der Waals surface area contributed by atoms with Crippen LogP contribution in [0.1, 0.15) is 120 Å². The lowest BCUT2D eigenvalue weighted by atomic mass is 9.73. The number of rotatable bonds is 16. The highest BCUT2D eigenvalue weighted by atomic mass is 32.2. The summed E-state index contributed by atoms with van der Waals surface area (Å²) in [4.78, 5) is 51.3.